The standard InChI is InChI=1S/C13H18BrNO3/c1-5-17-10-7-8(14)6-9(11(10)15)12(16)18-13(2,3)4/h6-7H,5,15H2,1-4H3. The lowest BCUT2D eigenvalue weighted by atomic mass is 10.1. The van der Waals surface area contributed by atoms with Gasteiger partial charge >= 0.3 is 5.97 Å². The third-order valence-electron chi connectivity index (χ3n) is 2.03. The highest BCUT2D eigenvalue weighted by Crippen LogP contribution is 2.31. The van der Waals surface area contributed by atoms with E-state index in [2.05, 4.69) is 15.9 Å². The summed E-state index contributed by atoms with van der Waals surface area (Å²) in [5.74, 6) is 0.0231. The minimum absolute atomic E-state index is 0.300. The monoisotopic (exact) mass is 315 g/mol. The maximum Gasteiger partial charge on any atom is 0.340 e. The summed E-state index contributed by atoms with van der Waals surface area (Å²) in [7, 11) is 0. The number of halogens is 1. The summed E-state index contributed by atoms with van der Waals surface area (Å²) in [4.78, 5) is 12.0. The second-order valence-electron chi connectivity index (χ2n) is 4.80. The highest BCUT2D eigenvalue weighted by Gasteiger charge is 2.22. The number of benzene rings is 1. The summed E-state index contributed by atoms with van der Waals surface area (Å²) in [5.41, 5.74) is 5.96. The summed E-state index contributed by atoms with van der Waals surface area (Å²) < 4.78 is 11.4. The van der Waals surface area contributed by atoms with Crippen molar-refractivity contribution < 1.29 is 14.3 Å². The number of anilines is 1. The Morgan fingerprint density at radius 3 is 2.50 bits per heavy atom. The number of rotatable bonds is 3. The van der Waals surface area contributed by atoms with Gasteiger partial charge in [-0.3, -0.25) is 0 Å². The largest absolute Gasteiger partial charge is 0.492 e. The zero-order valence-corrected chi connectivity index (χ0v) is 12.6. The second-order valence-corrected chi connectivity index (χ2v) is 5.72. The Bertz CT molecular complexity index is 452. The Hall–Kier alpha value is -1.23. The third-order valence-corrected chi connectivity index (χ3v) is 2.48. The van der Waals surface area contributed by atoms with Crippen molar-refractivity contribution in [3.8, 4) is 5.75 Å². The van der Waals surface area contributed by atoms with E-state index in [1.165, 1.54) is 0 Å². The first-order valence-corrected chi connectivity index (χ1v) is 6.49. The van der Waals surface area contributed by atoms with Crippen LogP contribution in [-0.2, 0) is 4.74 Å². The van der Waals surface area contributed by atoms with E-state index in [0.717, 1.165) is 4.47 Å². The lowest BCUT2D eigenvalue weighted by Crippen LogP contribution is -2.24. The molecular weight excluding hydrogens is 298 g/mol. The molecule has 0 saturated heterocycles. The van der Waals surface area contributed by atoms with Crippen LogP contribution < -0.4 is 10.5 Å². The van der Waals surface area contributed by atoms with Crippen molar-refractivity contribution in [3.05, 3.63) is 22.2 Å². The predicted octanol–water partition coefficient (Wildman–Crippen LogP) is 3.39. The van der Waals surface area contributed by atoms with Crippen LogP contribution in [0.5, 0.6) is 5.75 Å². The van der Waals surface area contributed by atoms with Gasteiger partial charge in [0.2, 0.25) is 0 Å². The summed E-state index contributed by atoms with van der Waals surface area (Å²) in [6.07, 6.45) is 0. The number of esters is 1. The summed E-state index contributed by atoms with van der Waals surface area (Å²) in [6.45, 7) is 7.76. The van der Waals surface area contributed by atoms with Crippen molar-refractivity contribution in [3.63, 3.8) is 0 Å². The molecule has 0 saturated carbocycles. The van der Waals surface area contributed by atoms with Crippen LogP contribution in [-0.4, -0.2) is 18.2 Å². The molecule has 18 heavy (non-hydrogen) atoms. The van der Waals surface area contributed by atoms with Crippen LogP contribution in [0.15, 0.2) is 16.6 Å². The number of hydrogen-bond donors (Lipinski definition) is 1. The van der Waals surface area contributed by atoms with Gasteiger partial charge in [-0.05, 0) is 39.8 Å². The van der Waals surface area contributed by atoms with E-state index >= 15 is 0 Å². The maximum atomic E-state index is 12.0. The number of carbonyl (C=O) groups excluding carboxylic acids is 1. The van der Waals surface area contributed by atoms with E-state index in [4.69, 9.17) is 15.2 Å². The molecule has 0 unspecified atom stereocenters. The molecular formula is C13H18BrNO3. The van der Waals surface area contributed by atoms with Gasteiger partial charge in [-0.15, -0.1) is 0 Å². The lowest BCUT2D eigenvalue weighted by Gasteiger charge is -2.20. The molecule has 1 aromatic rings. The van der Waals surface area contributed by atoms with Crippen molar-refractivity contribution in [2.45, 2.75) is 33.3 Å². The summed E-state index contributed by atoms with van der Waals surface area (Å²) >= 11 is 3.32. The number of ether oxygens (including phenoxy) is 2. The molecule has 0 bridgehead atoms. The van der Waals surface area contributed by atoms with E-state index in [1.807, 2.05) is 27.7 Å². The van der Waals surface area contributed by atoms with Gasteiger partial charge in [0.15, 0.2) is 0 Å². The van der Waals surface area contributed by atoms with Crippen LogP contribution >= 0.6 is 15.9 Å². The van der Waals surface area contributed by atoms with Crippen molar-refractivity contribution in [1.82, 2.24) is 0 Å². The van der Waals surface area contributed by atoms with Crippen molar-refractivity contribution >= 4 is 27.6 Å². The number of nitrogen functional groups attached to an aromatic ring is 1. The topological polar surface area (TPSA) is 61.5 Å². The average molecular weight is 316 g/mol. The van der Waals surface area contributed by atoms with E-state index in [0.29, 0.717) is 23.6 Å². The predicted molar refractivity (Wildman–Crippen MR) is 74.9 cm³/mol. The fraction of sp³-hybridized carbons (Fsp3) is 0.462. The lowest BCUT2D eigenvalue weighted by molar-refractivity contribution is 0.00704. The highest BCUT2D eigenvalue weighted by molar-refractivity contribution is 9.10. The Labute approximate surface area is 116 Å². The minimum Gasteiger partial charge on any atom is -0.492 e. The van der Waals surface area contributed by atoms with Gasteiger partial charge in [0.1, 0.15) is 11.4 Å². The van der Waals surface area contributed by atoms with Crippen LogP contribution in [0, 0.1) is 0 Å². The van der Waals surface area contributed by atoms with E-state index in [9.17, 15) is 4.79 Å². The Balaban J connectivity index is 3.12. The molecule has 0 amide bonds. The quantitative estimate of drug-likeness (QED) is 0.686. The van der Waals surface area contributed by atoms with Gasteiger partial charge in [0.25, 0.3) is 0 Å². The summed E-state index contributed by atoms with van der Waals surface area (Å²) in [5, 5.41) is 0. The first kappa shape index (κ1) is 14.8. The molecule has 1 aromatic carbocycles. The van der Waals surface area contributed by atoms with E-state index < -0.39 is 11.6 Å². The van der Waals surface area contributed by atoms with Crippen molar-refractivity contribution in [1.29, 1.82) is 0 Å². The first-order chi connectivity index (χ1) is 8.24. The van der Waals surface area contributed by atoms with Crippen LogP contribution in [0.2, 0.25) is 0 Å². The third kappa shape index (κ3) is 3.91. The van der Waals surface area contributed by atoms with Gasteiger partial charge in [0, 0.05) is 4.47 Å². The Morgan fingerprint density at radius 1 is 1.39 bits per heavy atom. The normalized spacial score (nSPS) is 11.2. The number of hydrogen-bond acceptors (Lipinski definition) is 4. The fourth-order valence-corrected chi connectivity index (χ4v) is 1.81. The molecule has 0 atom stereocenters. The van der Waals surface area contributed by atoms with E-state index in [-0.39, 0.29) is 0 Å². The molecule has 0 aliphatic carbocycles. The molecule has 1 rings (SSSR count). The van der Waals surface area contributed by atoms with Gasteiger partial charge in [0.05, 0.1) is 17.9 Å². The highest BCUT2D eigenvalue weighted by atomic mass is 79.9. The van der Waals surface area contributed by atoms with Gasteiger partial charge in [-0.2, -0.15) is 0 Å². The molecule has 0 heterocycles. The maximum absolute atomic E-state index is 12.0. The van der Waals surface area contributed by atoms with Crippen molar-refractivity contribution in [2.75, 3.05) is 12.3 Å². The number of carbonyl (C=O) groups is 1. The Morgan fingerprint density at radius 2 is 2.00 bits per heavy atom. The van der Waals surface area contributed by atoms with Crippen LogP contribution in [0.3, 0.4) is 0 Å². The Kier molecular flexibility index (Phi) is 4.62. The van der Waals surface area contributed by atoms with Gasteiger partial charge in [-0.25, -0.2) is 4.79 Å². The molecule has 0 radical (unpaired) electrons. The van der Waals surface area contributed by atoms with Crippen LogP contribution in [0.1, 0.15) is 38.1 Å². The van der Waals surface area contributed by atoms with E-state index in [1.54, 1.807) is 12.1 Å². The second kappa shape index (κ2) is 5.61. The molecule has 4 nitrogen and oxygen atoms in total. The zero-order valence-electron chi connectivity index (χ0n) is 11.0. The molecule has 2 N–H and O–H groups in total. The zero-order chi connectivity index (χ0) is 13.9. The molecule has 5 heteroatoms. The molecule has 0 aromatic heterocycles. The smallest absolute Gasteiger partial charge is 0.340 e. The molecule has 100 valence electrons. The fourth-order valence-electron chi connectivity index (χ4n) is 1.37. The molecule has 0 spiro atoms. The summed E-state index contributed by atoms with van der Waals surface area (Å²) in [6, 6.07) is 3.36. The van der Waals surface area contributed by atoms with Gasteiger partial charge in [-0.1, -0.05) is 15.9 Å². The minimum atomic E-state index is -0.558. The average Bonchev–Trinajstić information content (AvgIpc) is 2.20. The molecule has 0 aliphatic rings. The van der Waals surface area contributed by atoms with Crippen LogP contribution in [0.25, 0.3) is 0 Å². The van der Waals surface area contributed by atoms with Crippen LogP contribution in [0.4, 0.5) is 5.69 Å². The first-order valence-electron chi connectivity index (χ1n) is 5.69. The van der Waals surface area contributed by atoms with Crippen molar-refractivity contribution in [2.24, 2.45) is 0 Å². The number of nitrogens with two attached hydrogens (primary N) is 1. The molecule has 0 fully saturated rings. The van der Waals surface area contributed by atoms with Gasteiger partial charge < -0.3 is 15.2 Å². The SMILES string of the molecule is CCOc1cc(Br)cc(C(=O)OC(C)(C)C)c1N. The molecule has 0 aliphatic heterocycles.